The van der Waals surface area contributed by atoms with Crippen LogP contribution < -0.4 is 0 Å². The van der Waals surface area contributed by atoms with Crippen LogP contribution in [-0.4, -0.2) is 6.10 Å². The van der Waals surface area contributed by atoms with Crippen molar-refractivity contribution >= 4 is 12.4 Å². The van der Waals surface area contributed by atoms with Crippen LogP contribution >= 0.6 is 12.4 Å². The summed E-state index contributed by atoms with van der Waals surface area (Å²) < 4.78 is 4.38. The van der Waals surface area contributed by atoms with Gasteiger partial charge in [-0.1, -0.05) is 0 Å². The molecule has 0 aliphatic carbocycles. The summed E-state index contributed by atoms with van der Waals surface area (Å²) in [4.78, 5) is 0. The zero-order valence-corrected chi connectivity index (χ0v) is 5.51. The minimum Gasteiger partial charge on any atom is -0.147 e. The Morgan fingerprint density at radius 3 is 1.67 bits per heavy atom. The largest absolute Gasteiger partial charge is 0.147 e. The molecule has 0 aromatic carbocycles. The SMILES string of the molecule is CC(C)[O][Ni].Cl. The standard InChI is InChI=1S/C3H7O.ClH.Ni/c1-3(2)4;;/h3H,1-2H3;1H;/q-1;;+1. The van der Waals surface area contributed by atoms with Crippen LogP contribution in [-0.2, 0) is 19.7 Å². The Morgan fingerprint density at radius 2 is 1.67 bits per heavy atom. The van der Waals surface area contributed by atoms with Gasteiger partial charge in [-0.3, -0.25) is 0 Å². The van der Waals surface area contributed by atoms with E-state index in [1.807, 2.05) is 13.8 Å². The van der Waals surface area contributed by atoms with E-state index in [1.54, 1.807) is 0 Å². The fourth-order valence-electron chi connectivity index (χ4n) is 0. The Kier molecular flexibility index (Phi) is 9.46. The third kappa shape index (κ3) is 8.83. The van der Waals surface area contributed by atoms with Crippen LogP contribution in [0.15, 0.2) is 0 Å². The zero-order valence-electron chi connectivity index (χ0n) is 3.71. The first kappa shape index (κ1) is 9.89. The molecule has 0 radical (unpaired) electrons. The van der Waals surface area contributed by atoms with Gasteiger partial charge in [-0.25, -0.2) is 0 Å². The Bertz CT molecular complexity index is 24.8. The second kappa shape index (κ2) is 5.74. The van der Waals surface area contributed by atoms with Gasteiger partial charge in [0.25, 0.3) is 0 Å². The molecule has 6 heavy (non-hydrogen) atoms. The minimum atomic E-state index is 0. The van der Waals surface area contributed by atoms with E-state index in [1.165, 1.54) is 0 Å². The van der Waals surface area contributed by atoms with Crippen LogP contribution in [0.25, 0.3) is 0 Å². The molecule has 0 heterocycles. The Hall–Kier alpha value is 0.744. The van der Waals surface area contributed by atoms with Gasteiger partial charge in [0.05, 0.1) is 0 Å². The molecule has 0 aromatic rings. The molecule has 0 aliphatic heterocycles. The topological polar surface area (TPSA) is 9.23 Å². The van der Waals surface area contributed by atoms with Gasteiger partial charge in [-0.2, -0.15) is 0 Å². The first-order valence-corrected chi connectivity index (χ1v) is 1.92. The second-order valence-electron chi connectivity index (χ2n) is 1.12. The van der Waals surface area contributed by atoms with Gasteiger partial charge < -0.3 is 0 Å². The van der Waals surface area contributed by atoms with Crippen molar-refractivity contribution in [3.8, 4) is 0 Å². The Labute approximate surface area is 52.5 Å². The van der Waals surface area contributed by atoms with Crippen molar-refractivity contribution in [1.29, 1.82) is 0 Å². The number of rotatable bonds is 1. The quantitative estimate of drug-likeness (QED) is 0.517. The smallest absolute Gasteiger partial charge is 0.147 e. The molecule has 0 atom stereocenters. The summed E-state index contributed by atoms with van der Waals surface area (Å²) >= 11 is 3.93. The summed E-state index contributed by atoms with van der Waals surface area (Å²) in [6.07, 6.45) is 0.218. The Morgan fingerprint density at radius 1 is 1.50 bits per heavy atom. The van der Waals surface area contributed by atoms with Gasteiger partial charge >= 0.3 is 39.6 Å². The van der Waals surface area contributed by atoms with E-state index in [0.29, 0.717) is 0 Å². The maximum absolute atomic E-state index is 4.38. The number of hydrogen-bond donors (Lipinski definition) is 0. The molecule has 0 bridgehead atoms. The van der Waals surface area contributed by atoms with Gasteiger partial charge in [0.1, 0.15) is 0 Å². The second-order valence-corrected chi connectivity index (χ2v) is 1.36. The fraction of sp³-hybridized carbons (Fsp3) is 1.00. The molecule has 0 unspecified atom stereocenters. The molecule has 0 spiro atoms. The molecule has 0 aromatic heterocycles. The van der Waals surface area contributed by atoms with Crippen molar-refractivity contribution in [2.24, 2.45) is 0 Å². The van der Waals surface area contributed by atoms with E-state index in [2.05, 4.69) is 19.7 Å². The zero-order chi connectivity index (χ0) is 4.28. The molecular weight excluding hydrogens is 146 g/mol. The molecule has 0 saturated heterocycles. The van der Waals surface area contributed by atoms with Gasteiger partial charge in [0.15, 0.2) is 0 Å². The number of hydrogen-bond acceptors (Lipinski definition) is 1. The summed E-state index contributed by atoms with van der Waals surface area (Å²) in [7, 11) is 0. The van der Waals surface area contributed by atoms with E-state index >= 15 is 0 Å². The van der Waals surface area contributed by atoms with Crippen molar-refractivity contribution in [3.05, 3.63) is 0 Å². The molecule has 0 fully saturated rings. The fourth-order valence-corrected chi connectivity index (χ4v) is 0. The van der Waals surface area contributed by atoms with Crippen LogP contribution in [0.3, 0.4) is 0 Å². The molecule has 3 heteroatoms. The predicted molar refractivity (Wildman–Crippen MR) is 23.5 cm³/mol. The first-order chi connectivity index (χ1) is 2.27. The average Bonchev–Trinajstić information content (AvgIpc) is 1.38. The van der Waals surface area contributed by atoms with E-state index in [-0.39, 0.29) is 18.5 Å². The monoisotopic (exact) mass is 153 g/mol. The summed E-state index contributed by atoms with van der Waals surface area (Å²) in [5.74, 6) is 0. The van der Waals surface area contributed by atoms with Crippen LogP contribution in [0.2, 0.25) is 0 Å². The molecule has 0 aliphatic rings. The van der Waals surface area contributed by atoms with Crippen LogP contribution in [0.1, 0.15) is 13.8 Å². The summed E-state index contributed by atoms with van der Waals surface area (Å²) in [5.41, 5.74) is 0. The molecule has 0 N–H and O–H groups in total. The van der Waals surface area contributed by atoms with Crippen LogP contribution in [0.5, 0.6) is 0 Å². The van der Waals surface area contributed by atoms with Crippen molar-refractivity contribution in [1.82, 2.24) is 0 Å². The molecule has 0 rings (SSSR count). The van der Waals surface area contributed by atoms with Gasteiger partial charge in [-0.15, -0.1) is 12.4 Å². The maximum Gasteiger partial charge on any atom is -0.147 e. The third-order valence-corrected chi connectivity index (χ3v) is 0.615. The van der Waals surface area contributed by atoms with Crippen molar-refractivity contribution in [3.63, 3.8) is 0 Å². The number of halogens is 1. The molecule has 1 nitrogen and oxygen atoms in total. The van der Waals surface area contributed by atoms with E-state index in [9.17, 15) is 0 Å². The molecular formula is C3H8ClNiO. The van der Waals surface area contributed by atoms with Gasteiger partial charge in [0, 0.05) is 0 Å². The first-order valence-electron chi connectivity index (χ1n) is 1.52. The third-order valence-electron chi connectivity index (χ3n) is 0.149. The van der Waals surface area contributed by atoms with Crippen LogP contribution in [0.4, 0.5) is 0 Å². The normalized spacial score (nSPS) is 8.17. The van der Waals surface area contributed by atoms with E-state index in [4.69, 9.17) is 0 Å². The van der Waals surface area contributed by atoms with E-state index in [0.717, 1.165) is 0 Å². The van der Waals surface area contributed by atoms with E-state index < -0.39 is 0 Å². The summed E-state index contributed by atoms with van der Waals surface area (Å²) in [5, 5.41) is 0. The summed E-state index contributed by atoms with van der Waals surface area (Å²) in [6, 6.07) is 0. The predicted octanol–water partition coefficient (Wildman–Crippen LogP) is 1.29. The van der Waals surface area contributed by atoms with Gasteiger partial charge in [0.2, 0.25) is 0 Å². The van der Waals surface area contributed by atoms with Crippen LogP contribution in [0, 0.1) is 0 Å². The average molecular weight is 154 g/mol. The van der Waals surface area contributed by atoms with Crippen molar-refractivity contribution in [2.75, 3.05) is 0 Å². The summed E-state index contributed by atoms with van der Waals surface area (Å²) in [6.45, 7) is 3.81. The maximum atomic E-state index is 4.38. The van der Waals surface area contributed by atoms with Crippen molar-refractivity contribution < 1.29 is 19.7 Å². The molecule has 0 amide bonds. The van der Waals surface area contributed by atoms with Crippen molar-refractivity contribution in [2.45, 2.75) is 20.0 Å². The Balaban J connectivity index is 0. The van der Waals surface area contributed by atoms with Gasteiger partial charge in [-0.05, 0) is 0 Å². The molecule has 43 valence electrons. The minimum absolute atomic E-state index is 0. The molecule has 0 saturated carbocycles.